The molecule has 2 aromatic rings. The Kier molecular flexibility index (Phi) is 5.61. The van der Waals surface area contributed by atoms with E-state index in [0.717, 1.165) is 6.42 Å². The van der Waals surface area contributed by atoms with Crippen molar-refractivity contribution in [2.45, 2.75) is 45.2 Å². The van der Waals surface area contributed by atoms with E-state index >= 15 is 0 Å². The number of hydrogen-bond acceptors (Lipinski definition) is 5. The molecule has 1 fully saturated rings. The van der Waals surface area contributed by atoms with Crippen molar-refractivity contribution < 1.29 is 23.8 Å². The largest absolute Gasteiger partial charge is 0.449 e. The maximum absolute atomic E-state index is 12.6. The molecule has 0 aliphatic carbocycles. The quantitative estimate of drug-likeness (QED) is 0.739. The fourth-order valence-electron chi connectivity index (χ4n) is 3.30. The zero-order valence-corrected chi connectivity index (χ0v) is 15.8. The number of rotatable bonds is 5. The summed E-state index contributed by atoms with van der Waals surface area (Å²) in [5.41, 5.74) is -0.220. The van der Waals surface area contributed by atoms with Crippen molar-refractivity contribution in [3.63, 3.8) is 0 Å². The highest BCUT2D eigenvalue weighted by molar-refractivity contribution is 5.90. The molecule has 0 saturated carbocycles. The van der Waals surface area contributed by atoms with E-state index < -0.39 is 23.8 Å². The zero-order valence-electron chi connectivity index (χ0n) is 15.8. The first-order valence-corrected chi connectivity index (χ1v) is 9.15. The summed E-state index contributed by atoms with van der Waals surface area (Å²) < 4.78 is 17.4. The Morgan fingerprint density at radius 2 is 1.48 bits per heavy atom. The Bertz CT molecular complexity index is 789. The number of ether oxygens (including phenoxy) is 3. The summed E-state index contributed by atoms with van der Waals surface area (Å²) in [5, 5.41) is 0. The molecule has 3 rings (SSSR count). The summed E-state index contributed by atoms with van der Waals surface area (Å²) in [6.45, 7) is 5.70. The summed E-state index contributed by atoms with van der Waals surface area (Å²) in [7, 11) is 0. The molecule has 142 valence electrons. The predicted molar refractivity (Wildman–Crippen MR) is 100 cm³/mol. The lowest BCUT2D eigenvalue weighted by Gasteiger charge is -2.32. The third kappa shape index (κ3) is 3.88. The van der Waals surface area contributed by atoms with E-state index in [1.807, 2.05) is 26.0 Å². The molecular weight excluding hydrogens is 344 g/mol. The monoisotopic (exact) mass is 368 g/mol. The minimum absolute atomic E-state index is 0.135. The van der Waals surface area contributed by atoms with E-state index in [1.165, 1.54) is 0 Å². The van der Waals surface area contributed by atoms with Crippen molar-refractivity contribution in [2.75, 3.05) is 0 Å². The van der Waals surface area contributed by atoms with Gasteiger partial charge in [0, 0.05) is 5.92 Å². The van der Waals surface area contributed by atoms with Crippen molar-refractivity contribution in [3.05, 3.63) is 71.8 Å². The second-order valence-electron chi connectivity index (χ2n) is 6.91. The lowest BCUT2D eigenvalue weighted by molar-refractivity contribution is -0.169. The highest BCUT2D eigenvalue weighted by Gasteiger charge is 2.56. The van der Waals surface area contributed by atoms with E-state index in [1.54, 1.807) is 55.5 Å². The van der Waals surface area contributed by atoms with Gasteiger partial charge in [-0.2, -0.15) is 0 Å². The van der Waals surface area contributed by atoms with Gasteiger partial charge in [0.05, 0.1) is 17.2 Å². The van der Waals surface area contributed by atoms with Crippen LogP contribution < -0.4 is 0 Å². The highest BCUT2D eigenvalue weighted by Crippen LogP contribution is 2.41. The molecule has 5 heteroatoms. The van der Waals surface area contributed by atoms with Crippen LogP contribution >= 0.6 is 0 Å². The van der Waals surface area contributed by atoms with Crippen LogP contribution in [0.2, 0.25) is 0 Å². The normalized spacial score (nSPS) is 27.1. The molecule has 4 atom stereocenters. The van der Waals surface area contributed by atoms with Gasteiger partial charge < -0.3 is 14.2 Å². The lowest BCUT2D eigenvalue weighted by atomic mass is 9.87. The zero-order chi connectivity index (χ0) is 19.4. The van der Waals surface area contributed by atoms with Gasteiger partial charge in [-0.25, -0.2) is 9.59 Å². The Labute approximate surface area is 159 Å². The van der Waals surface area contributed by atoms with Gasteiger partial charge in [0.2, 0.25) is 6.29 Å². The molecule has 1 saturated heterocycles. The first kappa shape index (κ1) is 19.1. The van der Waals surface area contributed by atoms with Crippen LogP contribution in [0.15, 0.2) is 60.7 Å². The molecule has 0 aromatic heterocycles. The van der Waals surface area contributed by atoms with Gasteiger partial charge in [0.1, 0.15) is 0 Å². The average Bonchev–Trinajstić information content (AvgIpc) is 2.93. The molecule has 0 spiro atoms. The van der Waals surface area contributed by atoms with Crippen molar-refractivity contribution in [2.24, 2.45) is 5.92 Å². The Morgan fingerprint density at radius 1 is 0.963 bits per heavy atom. The SMILES string of the molecule is CC[C@H]1OC(OC(=O)c2ccccc2)[C@](C)(OC(=O)c2ccccc2)[C@@H]1C. The van der Waals surface area contributed by atoms with Crippen LogP contribution in [0.5, 0.6) is 0 Å². The van der Waals surface area contributed by atoms with Crippen LogP contribution in [0.3, 0.4) is 0 Å². The Hall–Kier alpha value is -2.66. The third-order valence-corrected chi connectivity index (χ3v) is 5.18. The molecule has 1 aliphatic rings. The molecule has 1 heterocycles. The minimum atomic E-state index is -1.09. The Morgan fingerprint density at radius 3 is 2.00 bits per heavy atom. The summed E-state index contributed by atoms with van der Waals surface area (Å²) in [6.07, 6.45) is -0.427. The third-order valence-electron chi connectivity index (χ3n) is 5.18. The minimum Gasteiger partial charge on any atom is -0.449 e. The van der Waals surface area contributed by atoms with Crippen LogP contribution in [0.1, 0.15) is 47.9 Å². The topological polar surface area (TPSA) is 61.8 Å². The van der Waals surface area contributed by atoms with E-state index in [9.17, 15) is 9.59 Å². The Balaban J connectivity index is 1.82. The first-order valence-electron chi connectivity index (χ1n) is 9.15. The van der Waals surface area contributed by atoms with Crippen molar-refractivity contribution in [1.29, 1.82) is 0 Å². The molecule has 1 unspecified atom stereocenters. The molecule has 27 heavy (non-hydrogen) atoms. The summed E-state index contributed by atoms with van der Waals surface area (Å²) in [4.78, 5) is 25.1. The lowest BCUT2D eigenvalue weighted by Crippen LogP contribution is -2.46. The summed E-state index contributed by atoms with van der Waals surface area (Å²) in [6, 6.07) is 17.4. The van der Waals surface area contributed by atoms with E-state index in [4.69, 9.17) is 14.2 Å². The van der Waals surface area contributed by atoms with E-state index in [2.05, 4.69) is 0 Å². The average molecular weight is 368 g/mol. The van der Waals surface area contributed by atoms with Crippen molar-refractivity contribution in [3.8, 4) is 0 Å². The smallest absolute Gasteiger partial charge is 0.340 e. The molecule has 1 aliphatic heterocycles. The van der Waals surface area contributed by atoms with Crippen LogP contribution in [-0.2, 0) is 14.2 Å². The van der Waals surface area contributed by atoms with Crippen LogP contribution in [0, 0.1) is 5.92 Å². The molecule has 2 aromatic carbocycles. The van der Waals surface area contributed by atoms with Crippen molar-refractivity contribution >= 4 is 11.9 Å². The number of carbonyl (C=O) groups excluding carboxylic acids is 2. The van der Waals surface area contributed by atoms with Crippen LogP contribution in [0.25, 0.3) is 0 Å². The van der Waals surface area contributed by atoms with Gasteiger partial charge in [0.25, 0.3) is 0 Å². The van der Waals surface area contributed by atoms with Gasteiger partial charge in [-0.05, 0) is 37.6 Å². The molecular formula is C22H24O5. The second kappa shape index (κ2) is 7.92. The number of benzene rings is 2. The van der Waals surface area contributed by atoms with Gasteiger partial charge in [-0.3, -0.25) is 0 Å². The number of esters is 2. The van der Waals surface area contributed by atoms with E-state index in [-0.39, 0.29) is 12.0 Å². The standard InChI is InChI=1S/C22H24O5/c1-4-18-15(2)22(3,27-20(24)17-13-9-6-10-14-17)21(25-18)26-19(23)16-11-7-5-8-12-16/h5-15,18,21H,4H2,1-3H3/t15-,18-,21?,22-/m1/s1. The van der Waals surface area contributed by atoms with E-state index in [0.29, 0.717) is 11.1 Å². The fourth-order valence-corrected chi connectivity index (χ4v) is 3.30. The molecule has 0 bridgehead atoms. The fraction of sp³-hybridized carbons (Fsp3) is 0.364. The van der Waals surface area contributed by atoms with Gasteiger partial charge >= 0.3 is 11.9 Å². The van der Waals surface area contributed by atoms with Gasteiger partial charge in [0.15, 0.2) is 5.60 Å². The molecule has 0 amide bonds. The molecule has 0 radical (unpaired) electrons. The second-order valence-corrected chi connectivity index (χ2v) is 6.91. The summed E-state index contributed by atoms with van der Waals surface area (Å²) >= 11 is 0. The van der Waals surface area contributed by atoms with Crippen LogP contribution in [0.4, 0.5) is 0 Å². The molecule has 5 nitrogen and oxygen atoms in total. The van der Waals surface area contributed by atoms with Crippen molar-refractivity contribution in [1.82, 2.24) is 0 Å². The molecule has 0 N–H and O–H groups in total. The number of carbonyl (C=O) groups is 2. The van der Waals surface area contributed by atoms with Gasteiger partial charge in [-0.15, -0.1) is 0 Å². The maximum Gasteiger partial charge on any atom is 0.340 e. The maximum atomic E-state index is 12.6. The summed E-state index contributed by atoms with van der Waals surface area (Å²) in [5.74, 6) is -1.11. The first-order chi connectivity index (χ1) is 13.0. The predicted octanol–water partition coefficient (Wildman–Crippen LogP) is 4.23. The van der Waals surface area contributed by atoms with Crippen LogP contribution in [-0.4, -0.2) is 29.9 Å². The number of hydrogen-bond donors (Lipinski definition) is 0. The highest BCUT2D eigenvalue weighted by atomic mass is 16.7. The van der Waals surface area contributed by atoms with Gasteiger partial charge in [-0.1, -0.05) is 50.2 Å².